The van der Waals surface area contributed by atoms with Crippen LogP contribution in [0.3, 0.4) is 0 Å². The van der Waals surface area contributed by atoms with E-state index in [0.717, 1.165) is 0 Å². The number of phenolic OH excluding ortho intramolecular Hbond substituents is 1. The highest BCUT2D eigenvalue weighted by atomic mass is 35.5. The molecule has 21 heavy (non-hydrogen) atoms. The van der Waals surface area contributed by atoms with E-state index in [0.29, 0.717) is 15.1 Å². The van der Waals surface area contributed by atoms with Crippen molar-refractivity contribution in [1.82, 2.24) is 0 Å². The Morgan fingerprint density at radius 1 is 0.667 bits per heavy atom. The highest BCUT2D eigenvalue weighted by Gasteiger charge is 2.24. The molecule has 0 spiro atoms. The van der Waals surface area contributed by atoms with E-state index >= 15 is 0 Å². The Morgan fingerprint density at radius 3 is 1.48 bits per heavy atom. The largest absolute Gasteiger partial charge is 0.503 e. The van der Waals surface area contributed by atoms with Gasteiger partial charge in [0.1, 0.15) is 0 Å². The molecule has 114 valence electrons. The molecule has 0 fully saturated rings. The number of rotatable bonds is 0. The van der Waals surface area contributed by atoms with Gasteiger partial charge < -0.3 is 5.11 Å². The summed E-state index contributed by atoms with van der Waals surface area (Å²) in [4.78, 5) is 0. The van der Waals surface area contributed by atoms with Gasteiger partial charge in [0.2, 0.25) is 29.1 Å². The first-order chi connectivity index (χ1) is 9.66. The summed E-state index contributed by atoms with van der Waals surface area (Å²) in [6.45, 7) is 0. The standard InChI is InChI=1S/C6H3Cl3.C6HF5O/c7-4-1-2-5(8)6(9)3-4;7-1-2(8)4(10)6(12)5(11)3(1)9/h1-3H;12H. The molecule has 0 saturated heterocycles. The third kappa shape index (κ3) is 4.12. The molecule has 0 aromatic heterocycles. The van der Waals surface area contributed by atoms with Gasteiger partial charge >= 0.3 is 0 Å². The fourth-order valence-electron chi connectivity index (χ4n) is 1.06. The summed E-state index contributed by atoms with van der Waals surface area (Å²) in [6.07, 6.45) is 0. The Kier molecular flexibility index (Phi) is 6.07. The molecule has 0 heterocycles. The molecule has 0 bridgehead atoms. The molecule has 0 radical (unpaired) electrons. The number of halogens is 8. The van der Waals surface area contributed by atoms with Crippen molar-refractivity contribution < 1.29 is 27.1 Å². The van der Waals surface area contributed by atoms with Gasteiger partial charge in [-0.25, -0.2) is 13.2 Å². The molecule has 0 saturated carbocycles. The first-order valence-corrected chi connectivity index (χ1v) is 6.11. The number of hydrogen-bond donors (Lipinski definition) is 1. The number of phenols is 1. The second-order valence-electron chi connectivity index (χ2n) is 3.48. The highest BCUT2D eigenvalue weighted by molar-refractivity contribution is 6.43. The number of aromatic hydroxyl groups is 1. The quantitative estimate of drug-likeness (QED) is 0.359. The summed E-state index contributed by atoms with van der Waals surface area (Å²) >= 11 is 16.8. The molecular weight excluding hydrogens is 361 g/mol. The molecule has 1 nitrogen and oxygen atoms in total. The van der Waals surface area contributed by atoms with Crippen molar-refractivity contribution in [1.29, 1.82) is 0 Å². The van der Waals surface area contributed by atoms with E-state index in [1.807, 2.05) is 0 Å². The van der Waals surface area contributed by atoms with Crippen LogP contribution in [0.2, 0.25) is 15.1 Å². The van der Waals surface area contributed by atoms with E-state index in [1.165, 1.54) is 0 Å². The molecule has 9 heteroatoms. The van der Waals surface area contributed by atoms with Gasteiger partial charge in [0, 0.05) is 5.02 Å². The minimum Gasteiger partial charge on any atom is -0.503 e. The molecule has 2 aromatic carbocycles. The van der Waals surface area contributed by atoms with Crippen LogP contribution in [0.25, 0.3) is 0 Å². The van der Waals surface area contributed by atoms with Gasteiger partial charge in [-0.15, -0.1) is 0 Å². The van der Waals surface area contributed by atoms with Crippen LogP contribution < -0.4 is 0 Å². The smallest absolute Gasteiger partial charge is 0.206 e. The van der Waals surface area contributed by atoms with Gasteiger partial charge in [-0.1, -0.05) is 34.8 Å². The van der Waals surface area contributed by atoms with Crippen molar-refractivity contribution in [2.75, 3.05) is 0 Å². The van der Waals surface area contributed by atoms with Gasteiger partial charge in [-0.05, 0) is 18.2 Å². The van der Waals surface area contributed by atoms with Gasteiger partial charge in [0.15, 0.2) is 5.75 Å². The molecule has 0 aliphatic heterocycles. The van der Waals surface area contributed by atoms with Crippen molar-refractivity contribution in [3.63, 3.8) is 0 Å². The molecule has 0 amide bonds. The summed E-state index contributed by atoms with van der Waals surface area (Å²) in [5.74, 6) is -12.9. The lowest BCUT2D eigenvalue weighted by atomic mass is 10.3. The molecule has 0 aliphatic rings. The minimum atomic E-state index is -2.29. The fraction of sp³-hybridized carbons (Fsp3) is 0. The summed E-state index contributed by atoms with van der Waals surface area (Å²) < 4.78 is 60.6. The Labute approximate surface area is 130 Å². The lowest BCUT2D eigenvalue weighted by Gasteiger charge is -2.00. The van der Waals surface area contributed by atoms with Gasteiger partial charge in [-0.3, -0.25) is 0 Å². The van der Waals surface area contributed by atoms with E-state index < -0.39 is 34.8 Å². The number of hydrogen-bond acceptors (Lipinski definition) is 1. The zero-order chi connectivity index (χ0) is 16.3. The van der Waals surface area contributed by atoms with E-state index in [9.17, 15) is 22.0 Å². The molecule has 0 aliphatic carbocycles. The van der Waals surface area contributed by atoms with Gasteiger partial charge in [0.05, 0.1) is 10.0 Å². The van der Waals surface area contributed by atoms with Crippen molar-refractivity contribution in [2.45, 2.75) is 0 Å². The predicted octanol–water partition coefficient (Wildman–Crippen LogP) is 5.73. The summed E-state index contributed by atoms with van der Waals surface area (Å²) in [5.41, 5.74) is 0. The topological polar surface area (TPSA) is 20.2 Å². The maximum Gasteiger partial charge on any atom is 0.206 e. The Morgan fingerprint density at radius 2 is 1.10 bits per heavy atom. The van der Waals surface area contributed by atoms with Crippen LogP contribution in [0.4, 0.5) is 22.0 Å². The first-order valence-electron chi connectivity index (χ1n) is 4.97. The molecule has 1 N–H and O–H groups in total. The summed E-state index contributed by atoms with van der Waals surface area (Å²) in [7, 11) is 0. The lowest BCUT2D eigenvalue weighted by molar-refractivity contribution is 0.325. The van der Waals surface area contributed by atoms with Crippen LogP contribution in [0.1, 0.15) is 0 Å². The zero-order valence-electron chi connectivity index (χ0n) is 9.70. The third-order valence-electron chi connectivity index (χ3n) is 2.07. The SMILES string of the molecule is Clc1ccc(Cl)c(Cl)c1.Oc1c(F)c(F)c(F)c(F)c1F. The average molecular weight is 366 g/mol. The average Bonchev–Trinajstić information content (AvgIpc) is 2.46. The van der Waals surface area contributed by atoms with Gasteiger partial charge in [-0.2, -0.15) is 8.78 Å². The maximum atomic E-state index is 12.2. The Bertz CT molecular complexity index is 573. The third-order valence-corrected chi connectivity index (χ3v) is 3.04. The van der Waals surface area contributed by atoms with Crippen molar-refractivity contribution in [3.05, 3.63) is 62.4 Å². The fourth-order valence-corrected chi connectivity index (χ4v) is 1.59. The van der Waals surface area contributed by atoms with E-state index in [4.69, 9.17) is 39.9 Å². The second kappa shape index (κ2) is 7.15. The summed E-state index contributed by atoms with van der Waals surface area (Å²) in [5, 5.41) is 9.92. The molecular formula is C12H4Cl3F5O. The second-order valence-corrected chi connectivity index (χ2v) is 4.73. The van der Waals surface area contributed by atoms with E-state index in [2.05, 4.69) is 0 Å². The Hall–Kier alpha value is -1.24. The van der Waals surface area contributed by atoms with Crippen LogP contribution in [0.5, 0.6) is 5.75 Å². The molecule has 0 unspecified atom stereocenters. The van der Waals surface area contributed by atoms with Crippen molar-refractivity contribution >= 4 is 34.8 Å². The molecule has 0 atom stereocenters. The molecule has 2 rings (SSSR count). The Balaban J connectivity index is 0.000000219. The van der Waals surface area contributed by atoms with Crippen molar-refractivity contribution in [3.8, 4) is 5.75 Å². The van der Waals surface area contributed by atoms with Crippen LogP contribution in [0.15, 0.2) is 18.2 Å². The van der Waals surface area contributed by atoms with Crippen LogP contribution in [-0.2, 0) is 0 Å². The zero-order valence-corrected chi connectivity index (χ0v) is 12.0. The summed E-state index contributed by atoms with van der Waals surface area (Å²) in [6, 6.07) is 4.95. The van der Waals surface area contributed by atoms with Crippen LogP contribution in [-0.4, -0.2) is 5.11 Å². The van der Waals surface area contributed by atoms with Gasteiger partial charge in [0.25, 0.3) is 0 Å². The number of benzene rings is 2. The van der Waals surface area contributed by atoms with Crippen molar-refractivity contribution in [2.24, 2.45) is 0 Å². The van der Waals surface area contributed by atoms with E-state index in [-0.39, 0.29) is 0 Å². The lowest BCUT2D eigenvalue weighted by Crippen LogP contribution is -2.00. The van der Waals surface area contributed by atoms with Crippen LogP contribution in [0, 0.1) is 29.1 Å². The predicted molar refractivity (Wildman–Crippen MR) is 69.4 cm³/mol. The highest BCUT2D eigenvalue weighted by Crippen LogP contribution is 2.27. The minimum absolute atomic E-state index is 0.490. The van der Waals surface area contributed by atoms with Crippen LogP contribution >= 0.6 is 34.8 Å². The first kappa shape index (κ1) is 17.8. The molecule has 2 aromatic rings. The maximum absolute atomic E-state index is 12.2. The monoisotopic (exact) mass is 364 g/mol. The van der Waals surface area contributed by atoms with E-state index in [1.54, 1.807) is 18.2 Å². The normalized spacial score (nSPS) is 10.1.